The van der Waals surface area contributed by atoms with Crippen molar-refractivity contribution in [2.24, 2.45) is 0 Å². The molecule has 3 rings (SSSR count). The van der Waals surface area contributed by atoms with E-state index in [-0.39, 0.29) is 31.1 Å². The third kappa shape index (κ3) is 15.5. The number of amides is 1. The number of nitrogens with one attached hydrogen (secondary N) is 1. The molecule has 0 aliphatic carbocycles. The molecule has 0 saturated heterocycles. The Morgan fingerprint density at radius 1 is 0.895 bits per heavy atom. The van der Waals surface area contributed by atoms with Gasteiger partial charge in [0.1, 0.15) is 10.1 Å². The van der Waals surface area contributed by atoms with Crippen molar-refractivity contribution in [2.45, 2.75) is 68.5 Å². The summed E-state index contributed by atoms with van der Waals surface area (Å²) >= 11 is 9.33. The monoisotopic (exact) mass is 611 g/mol. The Labute approximate surface area is 249 Å². The van der Waals surface area contributed by atoms with Crippen LogP contribution in [0.2, 0.25) is 0 Å². The second-order valence-electron chi connectivity index (χ2n) is 8.07. The number of nitrogens with zero attached hydrogens (tertiary/aromatic N) is 2. The molecule has 0 bridgehead atoms. The van der Waals surface area contributed by atoms with Gasteiger partial charge in [-0.2, -0.15) is 0 Å². The molecule has 1 amide bonds. The molecular weight excluding hydrogens is 576 g/mol. The second kappa shape index (κ2) is 21.2. The van der Waals surface area contributed by atoms with Gasteiger partial charge in [-0.3, -0.25) is 15.2 Å². The third-order valence-electron chi connectivity index (χ3n) is 5.10. The zero-order valence-electron chi connectivity index (χ0n) is 22.1. The van der Waals surface area contributed by atoms with E-state index in [9.17, 15) is 9.90 Å². The fourth-order valence-electron chi connectivity index (χ4n) is 3.02. The average molecular weight is 613 g/mol. The molecule has 2 heterocycles. The molecule has 8 nitrogen and oxygen atoms in total. The van der Waals surface area contributed by atoms with Gasteiger partial charge in [0.25, 0.3) is 0 Å². The van der Waals surface area contributed by atoms with Crippen molar-refractivity contribution in [3.05, 3.63) is 72.6 Å². The van der Waals surface area contributed by atoms with Crippen molar-refractivity contribution in [1.82, 2.24) is 5.32 Å². The number of ether oxygens (including phenoxy) is 1. The maximum atomic E-state index is 11.7. The predicted octanol–water partition coefficient (Wildman–Crippen LogP) is 4.00. The van der Waals surface area contributed by atoms with Crippen molar-refractivity contribution < 1.29 is 54.0 Å². The number of benzene rings is 1. The molecule has 0 aliphatic rings. The van der Waals surface area contributed by atoms with Crippen LogP contribution in [0.4, 0.5) is 0 Å². The second-order valence-corrected chi connectivity index (χ2v) is 8.90. The van der Waals surface area contributed by atoms with Gasteiger partial charge < -0.3 is 40.4 Å². The van der Waals surface area contributed by atoms with Gasteiger partial charge in [0.15, 0.2) is 11.5 Å². The topological polar surface area (TPSA) is 107 Å². The molecule has 3 aromatic rings. The zero-order valence-corrected chi connectivity index (χ0v) is 26.7. The van der Waals surface area contributed by atoms with Crippen molar-refractivity contribution in [3.8, 4) is 11.5 Å². The number of pyridine rings is 2. The van der Waals surface area contributed by atoms with Gasteiger partial charge in [-0.25, -0.2) is 0 Å². The number of carbonyl (C=O) groups excluding carboxylic acids is 1. The molecule has 0 spiro atoms. The van der Waals surface area contributed by atoms with E-state index in [2.05, 4.69) is 37.5 Å². The molecule has 0 fully saturated rings. The van der Waals surface area contributed by atoms with E-state index in [1.165, 1.54) is 45.2 Å². The van der Waals surface area contributed by atoms with Crippen LogP contribution in [-0.2, 0) is 56.1 Å². The number of phenolic OH excluding ortho intramolecular Hbond substituents is 1. The van der Waals surface area contributed by atoms with Crippen LogP contribution in [0.1, 0.15) is 57.4 Å². The molecule has 0 radical (unpaired) electrons. The van der Waals surface area contributed by atoms with E-state index < -0.39 is 0 Å². The quantitative estimate of drug-likeness (QED) is 0.0902. The molecular formula is C27H37N3O5S2Zn. The molecule has 4 N–H and O–H groups in total. The van der Waals surface area contributed by atoms with Crippen LogP contribution in [0.25, 0.3) is 0 Å². The zero-order chi connectivity index (χ0) is 27.5. The number of methoxy groups -OCH3 is 1. The molecule has 204 valence electrons. The first-order chi connectivity index (χ1) is 17.8. The smallest absolute Gasteiger partial charge is 0.220 e. The summed E-state index contributed by atoms with van der Waals surface area (Å²) in [5.41, 5.74) is 0.918. The fraction of sp³-hybridized carbons (Fsp3) is 0.370. The summed E-state index contributed by atoms with van der Waals surface area (Å²) in [5.74, 6) is 0.620. The van der Waals surface area contributed by atoms with Crippen LogP contribution in [0, 0.1) is 0 Å². The first kappa shape index (κ1) is 35.3. The largest absolute Gasteiger partial charge is 0.705 e. The number of aromatic nitrogens is 2. The average Bonchev–Trinajstić information content (AvgIpc) is 2.90. The summed E-state index contributed by atoms with van der Waals surface area (Å²) in [6.45, 7) is 2.66. The minimum atomic E-state index is 0. The van der Waals surface area contributed by atoms with Gasteiger partial charge in [-0.15, -0.1) is 0 Å². The normalized spacial score (nSPS) is 9.53. The number of unbranched alkanes of at least 4 members (excludes halogenated alkanes) is 5. The van der Waals surface area contributed by atoms with Gasteiger partial charge >= 0.3 is 0 Å². The van der Waals surface area contributed by atoms with E-state index in [0.717, 1.165) is 27.9 Å². The van der Waals surface area contributed by atoms with Crippen LogP contribution < -0.4 is 19.5 Å². The van der Waals surface area contributed by atoms with Crippen LogP contribution in [0.3, 0.4) is 0 Å². The predicted molar refractivity (Wildman–Crippen MR) is 143 cm³/mol. The molecule has 0 aliphatic heterocycles. The maximum Gasteiger partial charge on any atom is 0.220 e. The minimum Gasteiger partial charge on any atom is -0.705 e. The third-order valence-corrected chi connectivity index (χ3v) is 5.74. The minimum absolute atomic E-state index is 0. The molecule has 0 unspecified atom stereocenters. The van der Waals surface area contributed by atoms with Gasteiger partial charge in [-0.1, -0.05) is 57.2 Å². The Morgan fingerprint density at radius 2 is 1.45 bits per heavy atom. The summed E-state index contributed by atoms with van der Waals surface area (Å²) in [6.07, 6.45) is 10.7. The fourth-order valence-corrected chi connectivity index (χ4v) is 3.30. The van der Waals surface area contributed by atoms with Crippen molar-refractivity contribution >= 4 is 31.2 Å². The Bertz CT molecular complexity index is 991. The standard InChI is InChI=1S/C17H27NO3.2C5H5NOS.Zn/c1-3-4-5-6-7-8-9-17(20)18-13-14-10-11-15(19)16(12-14)21-2;2*7-6-4-2-1-3-5(6)8;/h10-12,19H,3-9,13H2,1-2H3,(H,18,20);2*1-4,7H;. The number of rotatable bonds is 10. The van der Waals surface area contributed by atoms with E-state index in [0.29, 0.717) is 28.8 Å². The van der Waals surface area contributed by atoms with Crippen LogP contribution >= 0.6 is 0 Å². The summed E-state index contributed by atoms with van der Waals surface area (Å²) in [6, 6.07) is 15.3. The maximum absolute atomic E-state index is 11.7. The molecule has 0 saturated carbocycles. The van der Waals surface area contributed by atoms with E-state index in [1.54, 1.807) is 54.6 Å². The SMILES string of the molecule is CCCCCCCCC(=O)NCc1ccc(O)c(OC)c1.O[n+]1ccccc1[S-].O[n+]1ccccc1[S-].[Zn]. The summed E-state index contributed by atoms with van der Waals surface area (Å²) in [4.78, 5) is 11.7. The van der Waals surface area contributed by atoms with Gasteiger partial charge in [0.05, 0.1) is 7.11 Å². The van der Waals surface area contributed by atoms with E-state index in [4.69, 9.17) is 15.2 Å². The number of hydrogen-bond donors (Lipinski definition) is 4. The Morgan fingerprint density at radius 3 is 1.92 bits per heavy atom. The number of phenols is 1. The van der Waals surface area contributed by atoms with Crippen LogP contribution in [0.15, 0.2) is 77.0 Å². The van der Waals surface area contributed by atoms with Gasteiger partial charge in [-0.05, 0) is 45.7 Å². The Kier molecular flexibility index (Phi) is 19.7. The van der Waals surface area contributed by atoms with E-state index in [1.807, 2.05) is 0 Å². The van der Waals surface area contributed by atoms with Crippen molar-refractivity contribution in [3.63, 3.8) is 0 Å². The van der Waals surface area contributed by atoms with E-state index >= 15 is 0 Å². The number of hydrogen-bond acceptors (Lipinski definition) is 7. The Balaban J connectivity index is 0.000000654. The first-order valence-electron chi connectivity index (χ1n) is 12.1. The van der Waals surface area contributed by atoms with Crippen LogP contribution in [0.5, 0.6) is 11.5 Å². The number of aromatic hydroxyl groups is 1. The molecule has 11 heteroatoms. The summed E-state index contributed by atoms with van der Waals surface area (Å²) in [7, 11) is 1.51. The van der Waals surface area contributed by atoms with Crippen molar-refractivity contribution in [1.29, 1.82) is 0 Å². The summed E-state index contributed by atoms with van der Waals surface area (Å²) in [5, 5.41) is 30.7. The molecule has 2 aromatic heterocycles. The Hall–Kier alpha value is -2.75. The summed E-state index contributed by atoms with van der Waals surface area (Å²) < 4.78 is 6.84. The molecule has 0 atom stereocenters. The van der Waals surface area contributed by atoms with Crippen LogP contribution in [-0.4, -0.2) is 28.5 Å². The van der Waals surface area contributed by atoms with Gasteiger partial charge in [0, 0.05) is 44.6 Å². The number of carbonyl (C=O) groups is 1. The molecule has 38 heavy (non-hydrogen) atoms. The molecule has 1 aromatic carbocycles. The first-order valence-corrected chi connectivity index (χ1v) is 13.0. The van der Waals surface area contributed by atoms with Gasteiger partial charge in [0.2, 0.25) is 18.3 Å². The van der Waals surface area contributed by atoms with Crippen molar-refractivity contribution in [2.75, 3.05) is 7.11 Å².